The number of hydrogen-bond acceptors (Lipinski definition) is 4. The Bertz CT molecular complexity index is 541. The minimum absolute atomic E-state index is 0.150. The van der Waals surface area contributed by atoms with Gasteiger partial charge in [0.05, 0.1) is 6.61 Å². The predicted octanol–water partition coefficient (Wildman–Crippen LogP) is 0.826. The molecule has 1 aromatic rings. The first kappa shape index (κ1) is 18.5. The lowest BCUT2D eigenvalue weighted by Crippen LogP contribution is -2.49. The monoisotopic (exact) mass is 321 g/mol. The first-order valence-corrected chi connectivity index (χ1v) is 7.47. The fourth-order valence-corrected chi connectivity index (χ4v) is 1.63. The summed E-state index contributed by atoms with van der Waals surface area (Å²) in [6, 6.07) is 7.47. The number of carbonyl (C=O) groups is 3. The van der Waals surface area contributed by atoms with Crippen LogP contribution in [0.1, 0.15) is 32.3 Å². The summed E-state index contributed by atoms with van der Waals surface area (Å²) in [4.78, 5) is 34.2. The highest BCUT2D eigenvalue weighted by Gasteiger charge is 2.14. The Morgan fingerprint density at radius 2 is 1.70 bits per heavy atom. The summed E-state index contributed by atoms with van der Waals surface area (Å²) in [7, 11) is 0. The van der Waals surface area contributed by atoms with Crippen LogP contribution in [0.2, 0.25) is 0 Å². The van der Waals surface area contributed by atoms with Crippen molar-refractivity contribution < 1.29 is 19.1 Å². The van der Waals surface area contributed by atoms with Gasteiger partial charge >= 0.3 is 11.8 Å². The minimum Gasteiger partial charge on any atom is -0.494 e. The zero-order valence-corrected chi connectivity index (χ0v) is 13.6. The van der Waals surface area contributed by atoms with Crippen LogP contribution in [0.3, 0.4) is 0 Å². The van der Waals surface area contributed by atoms with E-state index in [1.807, 2.05) is 31.2 Å². The van der Waals surface area contributed by atoms with E-state index in [0.717, 1.165) is 11.3 Å². The number of rotatable bonds is 6. The summed E-state index contributed by atoms with van der Waals surface area (Å²) in [5.41, 5.74) is 5.40. The van der Waals surface area contributed by atoms with Gasteiger partial charge in [0.1, 0.15) is 5.75 Å². The lowest BCUT2D eigenvalue weighted by molar-refractivity contribution is -0.141. The molecule has 0 aliphatic heterocycles. The number of amides is 3. The van der Waals surface area contributed by atoms with Crippen molar-refractivity contribution >= 4 is 17.7 Å². The first-order valence-electron chi connectivity index (χ1n) is 7.47. The minimum atomic E-state index is -0.900. The second-order valence-electron chi connectivity index (χ2n) is 5.40. The molecule has 23 heavy (non-hydrogen) atoms. The molecule has 7 nitrogen and oxygen atoms in total. The third-order valence-electron chi connectivity index (χ3n) is 2.78. The van der Waals surface area contributed by atoms with Crippen molar-refractivity contribution in [1.82, 2.24) is 16.2 Å². The zero-order valence-electron chi connectivity index (χ0n) is 13.6. The largest absolute Gasteiger partial charge is 0.494 e. The van der Waals surface area contributed by atoms with Crippen molar-refractivity contribution in [3.63, 3.8) is 0 Å². The van der Waals surface area contributed by atoms with Crippen molar-refractivity contribution in [2.24, 2.45) is 0 Å². The van der Waals surface area contributed by atoms with Gasteiger partial charge < -0.3 is 10.1 Å². The van der Waals surface area contributed by atoms with E-state index in [9.17, 15) is 14.4 Å². The maximum atomic E-state index is 11.5. The van der Waals surface area contributed by atoms with E-state index < -0.39 is 11.8 Å². The number of aryl methyl sites for hydroxylation is 1. The van der Waals surface area contributed by atoms with Gasteiger partial charge in [-0.3, -0.25) is 25.2 Å². The Balaban J connectivity index is 2.16. The standard InChI is InChI=1S/C16H23N3O4/c1-11(2)17-15(21)16(22)19-18-14(20)5-4-10-23-13-8-6-12(3)7-9-13/h6-9,11H,4-5,10H2,1-3H3,(H,17,21)(H,18,20)(H,19,22). The van der Waals surface area contributed by atoms with Crippen molar-refractivity contribution in [2.75, 3.05) is 6.61 Å². The van der Waals surface area contributed by atoms with Gasteiger partial charge in [0, 0.05) is 12.5 Å². The maximum Gasteiger partial charge on any atom is 0.327 e. The summed E-state index contributed by atoms with van der Waals surface area (Å²) in [5.74, 6) is -1.33. The van der Waals surface area contributed by atoms with Crippen molar-refractivity contribution in [2.45, 2.75) is 39.7 Å². The molecule has 0 aliphatic rings. The number of hydrogen-bond donors (Lipinski definition) is 3. The molecule has 126 valence electrons. The molecule has 3 amide bonds. The molecule has 1 rings (SSSR count). The van der Waals surface area contributed by atoms with Crippen LogP contribution >= 0.6 is 0 Å². The number of carbonyl (C=O) groups excluding carboxylic acids is 3. The van der Waals surface area contributed by atoms with Crippen molar-refractivity contribution in [3.8, 4) is 5.75 Å². The third kappa shape index (κ3) is 7.85. The van der Waals surface area contributed by atoms with Gasteiger partial charge in [0.25, 0.3) is 0 Å². The van der Waals surface area contributed by atoms with E-state index >= 15 is 0 Å². The Kier molecular flexibility index (Phi) is 7.59. The van der Waals surface area contributed by atoms with E-state index in [-0.39, 0.29) is 18.4 Å². The Morgan fingerprint density at radius 1 is 1.04 bits per heavy atom. The molecule has 0 radical (unpaired) electrons. The Hall–Kier alpha value is -2.57. The Morgan fingerprint density at radius 3 is 2.30 bits per heavy atom. The fraction of sp³-hybridized carbons (Fsp3) is 0.438. The normalized spacial score (nSPS) is 10.1. The van der Waals surface area contributed by atoms with Gasteiger partial charge in [-0.1, -0.05) is 17.7 Å². The van der Waals surface area contributed by atoms with E-state index in [4.69, 9.17) is 4.74 Å². The van der Waals surface area contributed by atoms with Crippen LogP contribution in [-0.2, 0) is 14.4 Å². The molecule has 0 fully saturated rings. The fourth-order valence-electron chi connectivity index (χ4n) is 1.63. The molecule has 1 aromatic carbocycles. The highest BCUT2D eigenvalue weighted by atomic mass is 16.5. The molecular formula is C16H23N3O4. The van der Waals surface area contributed by atoms with Crippen LogP contribution < -0.4 is 20.9 Å². The van der Waals surface area contributed by atoms with Crippen LogP contribution in [0.4, 0.5) is 0 Å². The third-order valence-corrected chi connectivity index (χ3v) is 2.78. The molecule has 0 spiro atoms. The van der Waals surface area contributed by atoms with Crippen molar-refractivity contribution in [3.05, 3.63) is 29.8 Å². The second-order valence-corrected chi connectivity index (χ2v) is 5.40. The van der Waals surface area contributed by atoms with Gasteiger partial charge in [0.15, 0.2) is 0 Å². The SMILES string of the molecule is Cc1ccc(OCCCC(=O)NNC(=O)C(=O)NC(C)C)cc1. The van der Waals surface area contributed by atoms with E-state index in [1.165, 1.54) is 0 Å². The number of benzene rings is 1. The van der Waals surface area contributed by atoms with Gasteiger partial charge in [-0.05, 0) is 39.3 Å². The predicted molar refractivity (Wildman–Crippen MR) is 85.5 cm³/mol. The van der Waals surface area contributed by atoms with E-state index in [0.29, 0.717) is 13.0 Å². The number of hydrazine groups is 1. The van der Waals surface area contributed by atoms with Gasteiger partial charge in [-0.2, -0.15) is 0 Å². The zero-order chi connectivity index (χ0) is 17.2. The summed E-state index contributed by atoms with van der Waals surface area (Å²) >= 11 is 0. The highest BCUT2D eigenvalue weighted by molar-refractivity contribution is 6.35. The first-order chi connectivity index (χ1) is 10.9. The van der Waals surface area contributed by atoms with Crippen LogP contribution in [0.5, 0.6) is 5.75 Å². The summed E-state index contributed by atoms with van der Waals surface area (Å²) in [6.07, 6.45) is 0.672. The maximum absolute atomic E-state index is 11.5. The molecule has 0 bridgehead atoms. The molecule has 0 aliphatic carbocycles. The second kappa shape index (κ2) is 9.45. The van der Waals surface area contributed by atoms with Gasteiger partial charge in [-0.25, -0.2) is 0 Å². The molecule has 0 atom stereocenters. The van der Waals surface area contributed by atoms with Crippen molar-refractivity contribution in [1.29, 1.82) is 0 Å². The lowest BCUT2D eigenvalue weighted by atomic mass is 10.2. The topological polar surface area (TPSA) is 96.5 Å². The molecule has 0 unspecified atom stereocenters. The number of ether oxygens (including phenoxy) is 1. The molecule has 0 heterocycles. The summed E-state index contributed by atoms with van der Waals surface area (Å²) in [6.45, 7) is 5.84. The molecule has 3 N–H and O–H groups in total. The highest BCUT2D eigenvalue weighted by Crippen LogP contribution is 2.11. The van der Waals surface area contributed by atoms with Gasteiger partial charge in [-0.15, -0.1) is 0 Å². The summed E-state index contributed by atoms with van der Waals surface area (Å²) < 4.78 is 5.49. The molecular weight excluding hydrogens is 298 g/mol. The van der Waals surface area contributed by atoms with Crippen LogP contribution in [0, 0.1) is 6.92 Å². The average Bonchev–Trinajstić information content (AvgIpc) is 2.50. The van der Waals surface area contributed by atoms with Crippen LogP contribution in [-0.4, -0.2) is 30.4 Å². The van der Waals surface area contributed by atoms with Gasteiger partial charge in [0.2, 0.25) is 5.91 Å². The average molecular weight is 321 g/mol. The molecule has 0 aromatic heterocycles. The number of nitrogens with one attached hydrogen (secondary N) is 3. The molecule has 0 saturated heterocycles. The Labute approximate surface area is 135 Å². The summed E-state index contributed by atoms with van der Waals surface area (Å²) in [5, 5.41) is 2.42. The smallest absolute Gasteiger partial charge is 0.327 e. The van der Waals surface area contributed by atoms with Crippen LogP contribution in [0.25, 0.3) is 0 Å². The van der Waals surface area contributed by atoms with E-state index in [1.54, 1.807) is 13.8 Å². The molecule has 7 heteroatoms. The molecule has 0 saturated carbocycles. The van der Waals surface area contributed by atoms with E-state index in [2.05, 4.69) is 16.2 Å². The lowest BCUT2D eigenvalue weighted by Gasteiger charge is -2.10. The quantitative estimate of drug-likeness (QED) is 0.411. The van der Waals surface area contributed by atoms with Crippen LogP contribution in [0.15, 0.2) is 24.3 Å².